The van der Waals surface area contributed by atoms with Gasteiger partial charge in [-0.3, -0.25) is 0 Å². The zero-order valence-electron chi connectivity index (χ0n) is 12.2. The highest BCUT2D eigenvalue weighted by Crippen LogP contribution is 2.25. The first-order valence-corrected chi connectivity index (χ1v) is 6.31. The van der Waals surface area contributed by atoms with Gasteiger partial charge < -0.3 is 10.1 Å². The Morgan fingerprint density at radius 2 is 1.72 bits per heavy atom. The van der Waals surface area contributed by atoms with Crippen LogP contribution in [0.5, 0.6) is 0 Å². The van der Waals surface area contributed by atoms with Crippen LogP contribution in [-0.4, -0.2) is 18.1 Å². The Kier molecular flexibility index (Phi) is 4.38. The number of carbonyl (C=O) groups excluding carboxylic acids is 1. The molecule has 1 aromatic rings. The standard InChI is InChI=1S/C15H23NO2/c1-7-18-14(17)15(5,6)16-13-11(3)8-10(2)9-12(13)4/h8-9,16H,7H2,1-6H3. The normalized spacial score (nSPS) is 11.2. The Hall–Kier alpha value is -1.51. The minimum absolute atomic E-state index is 0.232. The number of carbonyl (C=O) groups is 1. The predicted molar refractivity (Wildman–Crippen MR) is 75.0 cm³/mol. The zero-order valence-corrected chi connectivity index (χ0v) is 12.2. The van der Waals surface area contributed by atoms with Crippen molar-refractivity contribution in [1.29, 1.82) is 0 Å². The highest BCUT2D eigenvalue weighted by molar-refractivity contribution is 5.84. The van der Waals surface area contributed by atoms with Gasteiger partial charge in [-0.05, 0) is 52.7 Å². The van der Waals surface area contributed by atoms with E-state index in [2.05, 4.69) is 24.4 Å². The van der Waals surface area contributed by atoms with Crippen LogP contribution in [0.15, 0.2) is 12.1 Å². The van der Waals surface area contributed by atoms with Crippen molar-refractivity contribution in [2.45, 2.75) is 47.1 Å². The molecule has 0 spiro atoms. The summed E-state index contributed by atoms with van der Waals surface area (Å²) < 4.78 is 5.08. The first-order chi connectivity index (χ1) is 8.27. The summed E-state index contributed by atoms with van der Waals surface area (Å²) >= 11 is 0. The van der Waals surface area contributed by atoms with Crippen LogP contribution >= 0.6 is 0 Å². The van der Waals surface area contributed by atoms with Gasteiger partial charge in [0.25, 0.3) is 0 Å². The van der Waals surface area contributed by atoms with Crippen LogP contribution in [0, 0.1) is 20.8 Å². The molecule has 0 aliphatic heterocycles. The molecule has 1 rings (SSSR count). The number of rotatable bonds is 4. The molecule has 0 amide bonds. The van der Waals surface area contributed by atoms with Gasteiger partial charge in [-0.1, -0.05) is 17.7 Å². The van der Waals surface area contributed by atoms with Crippen LogP contribution in [0.25, 0.3) is 0 Å². The monoisotopic (exact) mass is 249 g/mol. The topological polar surface area (TPSA) is 38.3 Å². The summed E-state index contributed by atoms with van der Waals surface area (Å²) in [5.74, 6) is -0.232. The van der Waals surface area contributed by atoms with Crippen LogP contribution in [0.3, 0.4) is 0 Å². The van der Waals surface area contributed by atoms with Crippen LogP contribution in [-0.2, 0) is 9.53 Å². The second-order valence-corrected chi connectivity index (χ2v) is 5.24. The molecule has 0 aliphatic carbocycles. The molecule has 1 N–H and O–H groups in total. The van der Waals surface area contributed by atoms with Crippen molar-refractivity contribution < 1.29 is 9.53 Å². The molecule has 0 saturated carbocycles. The molecule has 0 atom stereocenters. The molecular formula is C15H23NO2. The van der Waals surface area contributed by atoms with Crippen LogP contribution in [0.1, 0.15) is 37.5 Å². The van der Waals surface area contributed by atoms with Gasteiger partial charge in [0, 0.05) is 5.69 Å². The van der Waals surface area contributed by atoms with Gasteiger partial charge in [0.2, 0.25) is 0 Å². The lowest BCUT2D eigenvalue weighted by Gasteiger charge is -2.27. The maximum Gasteiger partial charge on any atom is 0.331 e. The second kappa shape index (κ2) is 5.42. The Labute approximate surface area is 110 Å². The van der Waals surface area contributed by atoms with Gasteiger partial charge >= 0.3 is 5.97 Å². The van der Waals surface area contributed by atoms with E-state index < -0.39 is 5.54 Å². The number of esters is 1. The summed E-state index contributed by atoms with van der Waals surface area (Å²) in [6.45, 7) is 12.0. The highest BCUT2D eigenvalue weighted by Gasteiger charge is 2.29. The average Bonchev–Trinajstić information content (AvgIpc) is 2.23. The van der Waals surface area contributed by atoms with E-state index in [0.29, 0.717) is 6.61 Å². The Bertz CT molecular complexity index is 427. The van der Waals surface area contributed by atoms with Crippen LogP contribution in [0.4, 0.5) is 5.69 Å². The third kappa shape index (κ3) is 3.25. The third-order valence-corrected chi connectivity index (χ3v) is 2.90. The van der Waals surface area contributed by atoms with Crippen molar-refractivity contribution in [2.24, 2.45) is 0 Å². The molecular weight excluding hydrogens is 226 g/mol. The van der Waals surface area contributed by atoms with E-state index >= 15 is 0 Å². The van der Waals surface area contributed by atoms with Crippen molar-refractivity contribution in [2.75, 3.05) is 11.9 Å². The number of ether oxygens (including phenoxy) is 1. The summed E-state index contributed by atoms with van der Waals surface area (Å²) in [6.07, 6.45) is 0. The van der Waals surface area contributed by atoms with Crippen molar-refractivity contribution in [3.63, 3.8) is 0 Å². The molecule has 0 saturated heterocycles. The smallest absolute Gasteiger partial charge is 0.331 e. The first kappa shape index (κ1) is 14.6. The predicted octanol–water partition coefficient (Wildman–Crippen LogP) is 3.37. The Morgan fingerprint density at radius 1 is 1.22 bits per heavy atom. The Morgan fingerprint density at radius 3 is 2.17 bits per heavy atom. The second-order valence-electron chi connectivity index (χ2n) is 5.24. The minimum atomic E-state index is -0.721. The van der Waals surface area contributed by atoms with Crippen molar-refractivity contribution in [3.8, 4) is 0 Å². The summed E-state index contributed by atoms with van der Waals surface area (Å²) in [4.78, 5) is 11.9. The van der Waals surface area contributed by atoms with E-state index in [1.54, 1.807) is 0 Å². The molecule has 0 radical (unpaired) electrons. The molecule has 0 unspecified atom stereocenters. The molecule has 3 heteroatoms. The number of nitrogens with one attached hydrogen (secondary N) is 1. The number of hydrogen-bond donors (Lipinski definition) is 1. The van der Waals surface area contributed by atoms with E-state index in [-0.39, 0.29) is 5.97 Å². The third-order valence-electron chi connectivity index (χ3n) is 2.90. The van der Waals surface area contributed by atoms with E-state index in [9.17, 15) is 4.79 Å². The van der Waals surface area contributed by atoms with E-state index in [1.807, 2.05) is 34.6 Å². The van der Waals surface area contributed by atoms with Gasteiger partial charge in [-0.15, -0.1) is 0 Å². The van der Waals surface area contributed by atoms with Crippen molar-refractivity contribution in [1.82, 2.24) is 0 Å². The zero-order chi connectivity index (χ0) is 13.9. The number of anilines is 1. The highest BCUT2D eigenvalue weighted by atomic mass is 16.5. The van der Waals surface area contributed by atoms with E-state index in [1.165, 1.54) is 5.56 Å². The Balaban J connectivity index is 3.00. The first-order valence-electron chi connectivity index (χ1n) is 6.31. The van der Waals surface area contributed by atoms with Crippen molar-refractivity contribution in [3.05, 3.63) is 28.8 Å². The summed E-state index contributed by atoms with van der Waals surface area (Å²) in [5.41, 5.74) is 3.80. The van der Waals surface area contributed by atoms with E-state index in [0.717, 1.165) is 16.8 Å². The van der Waals surface area contributed by atoms with Crippen LogP contribution < -0.4 is 5.32 Å². The molecule has 0 bridgehead atoms. The van der Waals surface area contributed by atoms with Gasteiger partial charge in [-0.25, -0.2) is 4.79 Å². The largest absolute Gasteiger partial charge is 0.464 e. The van der Waals surface area contributed by atoms with Gasteiger partial charge in [0.15, 0.2) is 0 Å². The van der Waals surface area contributed by atoms with Gasteiger partial charge in [-0.2, -0.15) is 0 Å². The summed E-state index contributed by atoms with van der Waals surface area (Å²) in [6, 6.07) is 4.22. The molecule has 18 heavy (non-hydrogen) atoms. The van der Waals surface area contributed by atoms with Crippen LogP contribution in [0.2, 0.25) is 0 Å². The molecule has 0 aliphatic rings. The summed E-state index contributed by atoms with van der Waals surface area (Å²) in [7, 11) is 0. The molecule has 1 aromatic carbocycles. The lowest BCUT2D eigenvalue weighted by molar-refractivity contribution is -0.147. The minimum Gasteiger partial charge on any atom is -0.464 e. The van der Waals surface area contributed by atoms with Gasteiger partial charge in [0.1, 0.15) is 5.54 Å². The fourth-order valence-electron chi connectivity index (χ4n) is 2.05. The fraction of sp³-hybridized carbons (Fsp3) is 0.533. The average molecular weight is 249 g/mol. The SMILES string of the molecule is CCOC(=O)C(C)(C)Nc1c(C)cc(C)cc1C. The maximum atomic E-state index is 11.9. The quantitative estimate of drug-likeness (QED) is 0.831. The summed E-state index contributed by atoms with van der Waals surface area (Å²) in [5, 5.41) is 3.29. The maximum absolute atomic E-state index is 11.9. The molecule has 0 fully saturated rings. The van der Waals surface area contributed by atoms with E-state index in [4.69, 9.17) is 4.74 Å². The number of aryl methyl sites for hydroxylation is 3. The van der Waals surface area contributed by atoms with Crippen molar-refractivity contribution >= 4 is 11.7 Å². The molecule has 0 aromatic heterocycles. The molecule has 100 valence electrons. The van der Waals surface area contributed by atoms with Gasteiger partial charge in [0.05, 0.1) is 6.61 Å². The number of hydrogen-bond acceptors (Lipinski definition) is 3. The molecule has 3 nitrogen and oxygen atoms in total. The fourth-order valence-corrected chi connectivity index (χ4v) is 2.05. The lowest BCUT2D eigenvalue weighted by atomic mass is 10.0. The lowest BCUT2D eigenvalue weighted by Crippen LogP contribution is -2.42. The molecule has 0 heterocycles. The number of benzene rings is 1.